The summed E-state index contributed by atoms with van der Waals surface area (Å²) in [7, 11) is 0. The minimum atomic E-state index is -1.40. The summed E-state index contributed by atoms with van der Waals surface area (Å²) in [6.45, 7) is 1.37. The maximum Gasteiger partial charge on any atom is 0.334 e. The van der Waals surface area contributed by atoms with Crippen molar-refractivity contribution in [3.8, 4) is 0 Å². The van der Waals surface area contributed by atoms with E-state index in [4.69, 9.17) is 10.2 Å². The fraction of sp³-hybridized carbons (Fsp3) is 0.750. The number of aliphatic hydroxyl groups is 1. The average molecular weight is 262 g/mol. The average Bonchev–Trinajstić information content (AvgIpc) is 1.65. The van der Waals surface area contributed by atoms with Crippen molar-refractivity contribution in [2.75, 3.05) is 0 Å². The van der Waals surface area contributed by atoms with E-state index in [1.807, 2.05) is 0 Å². The molecular weight excluding hydrogens is 256 g/mol. The first-order chi connectivity index (χ1) is 3.89. The fourth-order valence-corrected chi connectivity index (χ4v) is 0.179. The number of halogens is 2. The standard InChI is InChI=1S/C4H6Br2O3/c1-2(7)4(5,6)3(8)9/h2,7H,1H3,(H,8,9). The molecule has 5 heteroatoms. The van der Waals surface area contributed by atoms with Gasteiger partial charge in [0, 0.05) is 0 Å². The highest BCUT2D eigenvalue weighted by atomic mass is 79.9. The lowest BCUT2D eigenvalue weighted by atomic mass is 10.3. The zero-order valence-electron chi connectivity index (χ0n) is 4.64. The van der Waals surface area contributed by atoms with Gasteiger partial charge >= 0.3 is 5.97 Å². The normalized spacial score (nSPS) is 15.1. The number of carboxylic acids is 1. The number of aliphatic carboxylic acids is 1. The van der Waals surface area contributed by atoms with Gasteiger partial charge in [-0.15, -0.1) is 0 Å². The second kappa shape index (κ2) is 2.98. The Balaban J connectivity index is 4.19. The minimum absolute atomic E-state index is 0.977. The molecule has 54 valence electrons. The van der Waals surface area contributed by atoms with E-state index < -0.39 is 15.3 Å². The van der Waals surface area contributed by atoms with Crippen molar-refractivity contribution in [2.24, 2.45) is 0 Å². The molecule has 2 N–H and O–H groups in total. The van der Waals surface area contributed by atoms with E-state index in [2.05, 4.69) is 31.9 Å². The highest BCUT2D eigenvalue weighted by molar-refractivity contribution is 9.26. The van der Waals surface area contributed by atoms with Crippen LogP contribution in [-0.4, -0.2) is 25.5 Å². The van der Waals surface area contributed by atoms with Gasteiger partial charge in [0.15, 0.2) is 0 Å². The number of carbonyl (C=O) groups is 1. The number of rotatable bonds is 2. The van der Waals surface area contributed by atoms with Crippen molar-refractivity contribution in [2.45, 2.75) is 16.3 Å². The van der Waals surface area contributed by atoms with Crippen molar-refractivity contribution < 1.29 is 15.0 Å². The highest BCUT2D eigenvalue weighted by Crippen LogP contribution is 2.30. The first-order valence-electron chi connectivity index (χ1n) is 2.18. The van der Waals surface area contributed by atoms with E-state index in [1.54, 1.807) is 0 Å². The van der Waals surface area contributed by atoms with Crippen molar-refractivity contribution in [1.29, 1.82) is 0 Å². The number of aliphatic hydroxyl groups excluding tert-OH is 1. The number of hydrogen-bond acceptors (Lipinski definition) is 2. The van der Waals surface area contributed by atoms with Crippen LogP contribution in [0, 0.1) is 0 Å². The van der Waals surface area contributed by atoms with Crippen LogP contribution in [0.15, 0.2) is 0 Å². The molecule has 0 aromatic rings. The molecule has 0 saturated carbocycles. The molecule has 3 nitrogen and oxygen atoms in total. The van der Waals surface area contributed by atoms with Gasteiger partial charge in [0.1, 0.15) is 0 Å². The molecule has 0 rings (SSSR count). The lowest BCUT2D eigenvalue weighted by Crippen LogP contribution is -2.35. The van der Waals surface area contributed by atoms with Crippen LogP contribution in [0.5, 0.6) is 0 Å². The largest absolute Gasteiger partial charge is 0.479 e. The fourth-order valence-electron chi connectivity index (χ4n) is 0.179. The van der Waals surface area contributed by atoms with Crippen LogP contribution in [0.1, 0.15) is 6.92 Å². The summed E-state index contributed by atoms with van der Waals surface area (Å²) in [5.41, 5.74) is 0. The molecular formula is C4H6Br2O3. The molecule has 0 aliphatic rings. The van der Waals surface area contributed by atoms with E-state index in [0.717, 1.165) is 0 Å². The Morgan fingerprint density at radius 2 is 2.00 bits per heavy atom. The molecule has 1 unspecified atom stereocenters. The van der Waals surface area contributed by atoms with Gasteiger partial charge in [-0.2, -0.15) is 0 Å². The van der Waals surface area contributed by atoms with Gasteiger partial charge in [0.05, 0.1) is 6.10 Å². The molecule has 0 aliphatic heterocycles. The van der Waals surface area contributed by atoms with Crippen LogP contribution in [0.3, 0.4) is 0 Å². The van der Waals surface area contributed by atoms with Crippen LogP contribution in [0.4, 0.5) is 0 Å². The van der Waals surface area contributed by atoms with Gasteiger partial charge in [0.2, 0.25) is 3.23 Å². The molecule has 0 spiro atoms. The molecule has 0 saturated heterocycles. The molecule has 0 amide bonds. The SMILES string of the molecule is CC(O)C(Br)(Br)C(=O)O. The third-order valence-corrected chi connectivity index (χ3v) is 2.81. The van der Waals surface area contributed by atoms with Crippen LogP contribution >= 0.6 is 31.9 Å². The van der Waals surface area contributed by atoms with Crippen molar-refractivity contribution >= 4 is 37.8 Å². The summed E-state index contributed by atoms with van der Waals surface area (Å²) in [4.78, 5) is 10.2. The predicted octanol–water partition coefficient (Wildman–Crippen LogP) is 0.938. The Morgan fingerprint density at radius 1 is 1.67 bits per heavy atom. The summed E-state index contributed by atoms with van der Waals surface area (Å²) in [6, 6.07) is 0. The predicted molar refractivity (Wildman–Crippen MR) is 39.9 cm³/mol. The van der Waals surface area contributed by atoms with Crippen molar-refractivity contribution in [3.63, 3.8) is 0 Å². The zero-order valence-corrected chi connectivity index (χ0v) is 7.81. The highest BCUT2D eigenvalue weighted by Gasteiger charge is 2.37. The Morgan fingerprint density at radius 3 is 2.00 bits per heavy atom. The Kier molecular flexibility index (Phi) is 3.11. The summed E-state index contributed by atoms with van der Waals surface area (Å²) in [5.74, 6) is -1.14. The van der Waals surface area contributed by atoms with E-state index in [-0.39, 0.29) is 0 Å². The second-order valence-corrected chi connectivity index (χ2v) is 5.17. The van der Waals surface area contributed by atoms with Gasteiger partial charge in [0.25, 0.3) is 0 Å². The molecule has 0 fully saturated rings. The molecule has 0 aromatic heterocycles. The quantitative estimate of drug-likeness (QED) is 0.728. The monoisotopic (exact) mass is 260 g/mol. The maximum absolute atomic E-state index is 10.2. The second-order valence-electron chi connectivity index (χ2n) is 1.60. The third kappa shape index (κ3) is 2.23. The Labute approximate surface area is 69.3 Å². The van der Waals surface area contributed by atoms with Crippen molar-refractivity contribution in [3.05, 3.63) is 0 Å². The first-order valence-corrected chi connectivity index (χ1v) is 3.77. The van der Waals surface area contributed by atoms with E-state index in [0.29, 0.717) is 0 Å². The first kappa shape index (κ1) is 9.39. The van der Waals surface area contributed by atoms with Gasteiger partial charge in [-0.3, -0.25) is 0 Å². The van der Waals surface area contributed by atoms with Crippen LogP contribution < -0.4 is 0 Å². The van der Waals surface area contributed by atoms with Gasteiger partial charge in [-0.25, -0.2) is 4.79 Å². The summed E-state index contributed by atoms with van der Waals surface area (Å²) in [5, 5.41) is 17.1. The number of carboxylic acid groups (broad SMARTS) is 1. The Hall–Kier alpha value is 0.390. The Bertz CT molecular complexity index is 121. The molecule has 9 heavy (non-hydrogen) atoms. The van der Waals surface area contributed by atoms with Gasteiger partial charge in [-0.05, 0) is 6.92 Å². The summed E-state index contributed by atoms with van der Waals surface area (Å²) >= 11 is 5.56. The third-order valence-electron chi connectivity index (χ3n) is 0.810. The molecule has 0 aliphatic carbocycles. The van der Waals surface area contributed by atoms with Crippen LogP contribution in [0.25, 0.3) is 0 Å². The van der Waals surface area contributed by atoms with E-state index in [1.165, 1.54) is 6.92 Å². The molecule has 1 atom stereocenters. The van der Waals surface area contributed by atoms with Gasteiger partial charge < -0.3 is 10.2 Å². The lowest BCUT2D eigenvalue weighted by molar-refractivity contribution is -0.138. The van der Waals surface area contributed by atoms with Crippen molar-refractivity contribution in [1.82, 2.24) is 0 Å². The topological polar surface area (TPSA) is 57.5 Å². The maximum atomic E-state index is 10.2. The lowest BCUT2D eigenvalue weighted by Gasteiger charge is -2.17. The van der Waals surface area contributed by atoms with E-state index in [9.17, 15) is 4.79 Å². The summed E-state index contributed by atoms with van der Waals surface area (Å²) in [6.07, 6.45) is -0.977. The number of alkyl halides is 2. The van der Waals surface area contributed by atoms with Gasteiger partial charge in [-0.1, -0.05) is 31.9 Å². The summed E-state index contributed by atoms with van der Waals surface area (Å²) < 4.78 is -1.40. The minimum Gasteiger partial charge on any atom is -0.479 e. The van der Waals surface area contributed by atoms with Crippen LogP contribution in [-0.2, 0) is 4.79 Å². The zero-order chi connectivity index (χ0) is 7.65. The smallest absolute Gasteiger partial charge is 0.334 e. The van der Waals surface area contributed by atoms with Crippen LogP contribution in [0.2, 0.25) is 0 Å². The van der Waals surface area contributed by atoms with E-state index >= 15 is 0 Å². The molecule has 0 aromatic carbocycles. The molecule has 0 heterocycles. The molecule has 0 bridgehead atoms. The molecule has 0 radical (unpaired) electrons. The number of hydrogen-bond donors (Lipinski definition) is 2.